The minimum Gasteiger partial charge on any atom is -0.490 e. The molecule has 4 heterocycles. The summed E-state index contributed by atoms with van der Waals surface area (Å²) in [7, 11) is 1.93. The van der Waals surface area contributed by atoms with Crippen LogP contribution >= 0.6 is 0 Å². The number of anilines is 1. The Morgan fingerprint density at radius 3 is 2.76 bits per heavy atom. The van der Waals surface area contributed by atoms with Gasteiger partial charge in [0.15, 0.2) is 0 Å². The van der Waals surface area contributed by atoms with Gasteiger partial charge in [0, 0.05) is 76.3 Å². The van der Waals surface area contributed by atoms with E-state index in [0.29, 0.717) is 0 Å². The predicted octanol–water partition coefficient (Wildman–Crippen LogP) is 2.35. The first-order valence-electron chi connectivity index (χ1n) is 10.4. The molecule has 2 fully saturated rings. The summed E-state index contributed by atoms with van der Waals surface area (Å²) in [6, 6.07) is 2.12. The molecule has 1 atom stereocenters. The van der Waals surface area contributed by atoms with Gasteiger partial charge in [-0.3, -0.25) is 9.67 Å². The first kappa shape index (κ1) is 19.5. The third-order valence-corrected chi connectivity index (χ3v) is 5.80. The van der Waals surface area contributed by atoms with Gasteiger partial charge in [0.05, 0.1) is 11.9 Å². The van der Waals surface area contributed by atoms with Crippen molar-refractivity contribution in [3.8, 4) is 5.75 Å². The van der Waals surface area contributed by atoms with Crippen LogP contribution in [0.5, 0.6) is 5.75 Å². The molecule has 0 aliphatic carbocycles. The van der Waals surface area contributed by atoms with Crippen molar-refractivity contribution in [3.63, 3.8) is 0 Å². The highest BCUT2D eigenvalue weighted by Crippen LogP contribution is 2.22. The number of ether oxygens (including phenoxy) is 1. The van der Waals surface area contributed by atoms with Gasteiger partial charge in [-0.1, -0.05) is 0 Å². The Bertz CT molecular complexity index is 830. The fraction of sp³-hybridized carbons (Fsp3) is 0.571. The van der Waals surface area contributed by atoms with Gasteiger partial charge in [0.1, 0.15) is 11.9 Å². The van der Waals surface area contributed by atoms with Crippen molar-refractivity contribution in [1.82, 2.24) is 25.0 Å². The van der Waals surface area contributed by atoms with Crippen LogP contribution in [0.15, 0.2) is 30.9 Å². The Hall–Kier alpha value is -2.77. The first-order valence-corrected chi connectivity index (χ1v) is 10.4. The molecule has 29 heavy (non-hydrogen) atoms. The van der Waals surface area contributed by atoms with E-state index >= 15 is 0 Å². The van der Waals surface area contributed by atoms with Crippen LogP contribution in [0.1, 0.15) is 31.2 Å². The molecule has 2 aliphatic heterocycles. The molecule has 2 saturated heterocycles. The Morgan fingerprint density at radius 2 is 2.03 bits per heavy atom. The summed E-state index contributed by atoms with van der Waals surface area (Å²) in [6.45, 7) is 5.29. The van der Waals surface area contributed by atoms with Crippen molar-refractivity contribution in [2.45, 2.75) is 44.8 Å². The number of aryl methyl sites for hydroxylation is 2. The van der Waals surface area contributed by atoms with Gasteiger partial charge in [-0.15, -0.1) is 0 Å². The normalized spacial score (nSPS) is 20.6. The summed E-state index contributed by atoms with van der Waals surface area (Å²) < 4.78 is 7.93. The van der Waals surface area contributed by atoms with Crippen molar-refractivity contribution in [1.29, 1.82) is 0 Å². The van der Waals surface area contributed by atoms with E-state index in [1.165, 1.54) is 0 Å². The van der Waals surface area contributed by atoms with Crippen LogP contribution in [-0.4, -0.2) is 64.0 Å². The molecular weight excluding hydrogens is 368 g/mol. The summed E-state index contributed by atoms with van der Waals surface area (Å²) >= 11 is 0. The Kier molecular flexibility index (Phi) is 5.87. The first-order chi connectivity index (χ1) is 14.1. The molecule has 2 amide bonds. The van der Waals surface area contributed by atoms with E-state index in [9.17, 15) is 4.79 Å². The molecule has 8 nitrogen and oxygen atoms in total. The average Bonchev–Trinajstić information content (AvgIpc) is 3.17. The van der Waals surface area contributed by atoms with Crippen molar-refractivity contribution in [3.05, 3.63) is 36.4 Å². The van der Waals surface area contributed by atoms with Crippen LogP contribution < -0.4 is 15.0 Å². The SMILES string of the molecule is Cc1cnccc1OC1CCN(C(=O)NC2CCCN(c3cnn(C)c3)C2)CC1. The lowest BCUT2D eigenvalue weighted by Gasteiger charge is -2.37. The lowest BCUT2D eigenvalue weighted by atomic mass is 10.1. The third kappa shape index (κ3) is 4.81. The zero-order valence-electron chi connectivity index (χ0n) is 17.3. The molecule has 0 spiro atoms. The summed E-state index contributed by atoms with van der Waals surface area (Å²) in [5.41, 5.74) is 2.17. The number of likely N-dealkylation sites (tertiary alicyclic amines) is 1. The number of carbonyl (C=O) groups is 1. The molecule has 0 radical (unpaired) electrons. The number of urea groups is 1. The number of hydrogen-bond donors (Lipinski definition) is 1. The summed E-state index contributed by atoms with van der Waals surface area (Å²) in [5.74, 6) is 0.889. The van der Waals surface area contributed by atoms with Gasteiger partial charge in [0.25, 0.3) is 0 Å². The van der Waals surface area contributed by atoms with Crippen molar-refractivity contribution < 1.29 is 9.53 Å². The van der Waals surface area contributed by atoms with Crippen molar-refractivity contribution >= 4 is 11.7 Å². The smallest absolute Gasteiger partial charge is 0.317 e. The quantitative estimate of drug-likeness (QED) is 0.856. The predicted molar refractivity (Wildman–Crippen MR) is 111 cm³/mol. The lowest BCUT2D eigenvalue weighted by Crippen LogP contribution is -2.53. The highest BCUT2D eigenvalue weighted by molar-refractivity contribution is 5.74. The van der Waals surface area contributed by atoms with Crippen LogP contribution in [0.25, 0.3) is 0 Å². The molecule has 4 rings (SSSR count). The number of nitrogens with zero attached hydrogens (tertiary/aromatic N) is 5. The van der Waals surface area contributed by atoms with Gasteiger partial charge in [-0.2, -0.15) is 5.10 Å². The zero-order valence-corrected chi connectivity index (χ0v) is 17.3. The minimum atomic E-state index is 0.0431. The maximum atomic E-state index is 12.8. The van der Waals surface area contributed by atoms with Crippen LogP contribution in [0, 0.1) is 6.92 Å². The highest BCUT2D eigenvalue weighted by Gasteiger charge is 2.27. The third-order valence-electron chi connectivity index (χ3n) is 5.80. The molecule has 2 aromatic heterocycles. The number of hydrogen-bond acceptors (Lipinski definition) is 5. The maximum Gasteiger partial charge on any atom is 0.317 e. The fourth-order valence-electron chi connectivity index (χ4n) is 4.12. The maximum absolute atomic E-state index is 12.8. The van der Waals surface area contributed by atoms with Gasteiger partial charge < -0.3 is 19.9 Å². The van der Waals surface area contributed by atoms with Crippen LogP contribution in [0.3, 0.4) is 0 Å². The molecule has 0 bridgehead atoms. The number of pyridine rings is 1. The number of piperidine rings is 2. The molecule has 156 valence electrons. The number of carbonyl (C=O) groups excluding carboxylic acids is 1. The Balaban J connectivity index is 1.25. The molecule has 0 aromatic carbocycles. The molecule has 2 aliphatic rings. The fourth-order valence-corrected chi connectivity index (χ4v) is 4.12. The lowest BCUT2D eigenvalue weighted by molar-refractivity contribution is 0.109. The number of aromatic nitrogens is 3. The molecule has 8 heteroatoms. The van der Waals surface area contributed by atoms with Gasteiger partial charge >= 0.3 is 6.03 Å². The van der Waals surface area contributed by atoms with E-state index in [1.54, 1.807) is 6.20 Å². The van der Waals surface area contributed by atoms with Crippen LogP contribution in [-0.2, 0) is 7.05 Å². The molecule has 1 N–H and O–H groups in total. The number of rotatable bonds is 4. The second-order valence-electron chi connectivity index (χ2n) is 8.05. The van der Waals surface area contributed by atoms with Gasteiger partial charge in [0.2, 0.25) is 0 Å². The zero-order chi connectivity index (χ0) is 20.2. The van der Waals surface area contributed by atoms with E-state index in [1.807, 2.05) is 48.2 Å². The van der Waals surface area contributed by atoms with E-state index in [-0.39, 0.29) is 18.2 Å². The second kappa shape index (κ2) is 8.71. The molecule has 2 aromatic rings. The summed E-state index contributed by atoms with van der Waals surface area (Å²) in [5, 5.41) is 7.50. The summed E-state index contributed by atoms with van der Waals surface area (Å²) in [6.07, 6.45) is 11.4. The average molecular weight is 399 g/mol. The highest BCUT2D eigenvalue weighted by atomic mass is 16.5. The van der Waals surface area contributed by atoms with E-state index in [2.05, 4.69) is 20.3 Å². The van der Waals surface area contributed by atoms with E-state index in [4.69, 9.17) is 4.74 Å². The van der Waals surface area contributed by atoms with Crippen LogP contribution in [0.4, 0.5) is 10.5 Å². The number of nitrogens with one attached hydrogen (secondary N) is 1. The van der Waals surface area contributed by atoms with Gasteiger partial charge in [-0.25, -0.2) is 4.79 Å². The Labute approximate surface area is 171 Å². The minimum absolute atomic E-state index is 0.0431. The van der Waals surface area contributed by atoms with E-state index < -0.39 is 0 Å². The molecule has 0 saturated carbocycles. The largest absolute Gasteiger partial charge is 0.490 e. The monoisotopic (exact) mass is 398 g/mol. The number of amides is 2. The van der Waals surface area contributed by atoms with Crippen molar-refractivity contribution in [2.24, 2.45) is 7.05 Å². The standard InChI is InChI=1S/C21H30N6O2/c1-16-12-22-8-5-20(16)29-19-6-10-26(11-7-19)21(28)24-17-4-3-9-27(14-17)18-13-23-25(2)15-18/h5,8,12-13,15,17,19H,3-4,6-7,9-11,14H2,1-2H3,(H,24,28). The van der Waals surface area contributed by atoms with E-state index in [0.717, 1.165) is 68.9 Å². The summed E-state index contributed by atoms with van der Waals surface area (Å²) in [4.78, 5) is 21.1. The molecule has 1 unspecified atom stereocenters. The Morgan fingerprint density at radius 1 is 1.21 bits per heavy atom. The van der Waals surface area contributed by atoms with Gasteiger partial charge in [-0.05, 0) is 25.8 Å². The van der Waals surface area contributed by atoms with Crippen molar-refractivity contribution in [2.75, 3.05) is 31.1 Å². The van der Waals surface area contributed by atoms with Crippen LogP contribution in [0.2, 0.25) is 0 Å². The topological polar surface area (TPSA) is 75.5 Å². The second-order valence-corrected chi connectivity index (χ2v) is 8.05. The molecular formula is C21H30N6O2.